The monoisotopic (exact) mass is 286 g/mol. The molecule has 1 atom stereocenters. The topological polar surface area (TPSA) is 97.0 Å². The van der Waals surface area contributed by atoms with Crippen LogP contribution in [0.3, 0.4) is 0 Å². The molecule has 0 aliphatic heterocycles. The summed E-state index contributed by atoms with van der Waals surface area (Å²) in [4.78, 5) is 18.2. The first-order chi connectivity index (χ1) is 10.2. The van der Waals surface area contributed by atoms with E-state index >= 15 is 0 Å². The highest BCUT2D eigenvalue weighted by atomic mass is 16.5. The second-order valence-corrected chi connectivity index (χ2v) is 5.36. The lowest BCUT2D eigenvalue weighted by Gasteiger charge is -2.10. The molecule has 1 saturated carbocycles. The summed E-state index contributed by atoms with van der Waals surface area (Å²) >= 11 is 0. The minimum Gasteiger partial charge on any atom is -0.408 e. The summed E-state index contributed by atoms with van der Waals surface area (Å²) in [5.41, 5.74) is 2.03. The number of aromatic nitrogens is 3. The van der Waals surface area contributed by atoms with Crippen LogP contribution >= 0.6 is 0 Å². The molecule has 0 saturated heterocycles. The van der Waals surface area contributed by atoms with Gasteiger partial charge in [0.15, 0.2) is 11.4 Å². The highest BCUT2D eigenvalue weighted by molar-refractivity contribution is 5.76. The number of fused-ring (bicyclic) bond motifs is 1. The van der Waals surface area contributed by atoms with Gasteiger partial charge in [-0.05, 0) is 38.0 Å². The molecule has 0 amide bonds. The van der Waals surface area contributed by atoms with E-state index in [1.165, 1.54) is 0 Å². The Kier molecular flexibility index (Phi) is 2.60. The van der Waals surface area contributed by atoms with Gasteiger partial charge in [-0.15, -0.1) is 0 Å². The van der Waals surface area contributed by atoms with E-state index in [2.05, 4.69) is 20.4 Å². The smallest absolute Gasteiger partial charge is 0.408 e. The van der Waals surface area contributed by atoms with Crippen molar-refractivity contribution in [2.45, 2.75) is 31.7 Å². The molecule has 0 radical (unpaired) electrons. The molecule has 7 heteroatoms. The van der Waals surface area contributed by atoms with Gasteiger partial charge in [-0.1, -0.05) is 5.16 Å². The first-order valence-electron chi connectivity index (χ1n) is 6.92. The zero-order chi connectivity index (χ0) is 14.4. The van der Waals surface area contributed by atoms with Crippen molar-refractivity contribution in [2.75, 3.05) is 5.32 Å². The Hall–Kier alpha value is -2.57. The molecule has 1 aromatic carbocycles. The molecule has 4 rings (SSSR count). The minimum absolute atomic E-state index is 0.110. The Morgan fingerprint density at radius 1 is 1.43 bits per heavy atom. The van der Waals surface area contributed by atoms with Gasteiger partial charge in [0, 0.05) is 11.6 Å². The van der Waals surface area contributed by atoms with Gasteiger partial charge in [0.2, 0.25) is 5.89 Å². The quantitative estimate of drug-likeness (QED) is 0.765. The van der Waals surface area contributed by atoms with Crippen molar-refractivity contribution in [1.82, 2.24) is 15.1 Å². The molecule has 7 nitrogen and oxygen atoms in total. The second-order valence-electron chi connectivity index (χ2n) is 5.36. The van der Waals surface area contributed by atoms with Crippen LogP contribution in [0.2, 0.25) is 0 Å². The Balaban J connectivity index is 1.55. The molecule has 108 valence electrons. The predicted molar refractivity (Wildman–Crippen MR) is 75.1 cm³/mol. The van der Waals surface area contributed by atoms with Gasteiger partial charge in [-0.3, -0.25) is 4.98 Å². The number of benzene rings is 1. The second kappa shape index (κ2) is 4.47. The molecular formula is C14H14N4O3. The van der Waals surface area contributed by atoms with E-state index in [0.717, 1.165) is 24.4 Å². The van der Waals surface area contributed by atoms with Crippen molar-refractivity contribution in [3.05, 3.63) is 40.5 Å². The molecule has 2 aromatic heterocycles. The maximum absolute atomic E-state index is 11.1. The summed E-state index contributed by atoms with van der Waals surface area (Å²) in [7, 11) is 0. The van der Waals surface area contributed by atoms with Crippen LogP contribution in [0.5, 0.6) is 0 Å². The Morgan fingerprint density at radius 2 is 2.29 bits per heavy atom. The van der Waals surface area contributed by atoms with E-state index in [4.69, 9.17) is 8.94 Å². The molecular weight excluding hydrogens is 272 g/mol. The maximum Gasteiger partial charge on any atom is 0.417 e. The van der Waals surface area contributed by atoms with Crippen molar-refractivity contribution in [1.29, 1.82) is 0 Å². The average molecular weight is 286 g/mol. The van der Waals surface area contributed by atoms with Crippen molar-refractivity contribution in [3.8, 4) is 0 Å². The number of rotatable bonds is 4. The zero-order valence-electron chi connectivity index (χ0n) is 11.4. The largest absolute Gasteiger partial charge is 0.417 e. The average Bonchev–Trinajstić information content (AvgIpc) is 3.06. The molecule has 2 heterocycles. The number of nitrogens with one attached hydrogen (secondary N) is 2. The van der Waals surface area contributed by atoms with Crippen LogP contribution in [0.15, 0.2) is 31.9 Å². The van der Waals surface area contributed by atoms with Gasteiger partial charge in [-0.25, -0.2) is 4.79 Å². The van der Waals surface area contributed by atoms with Crippen LogP contribution in [0.25, 0.3) is 11.1 Å². The third-order valence-corrected chi connectivity index (χ3v) is 3.57. The molecule has 1 fully saturated rings. The first-order valence-corrected chi connectivity index (χ1v) is 6.92. The minimum atomic E-state index is -0.457. The molecule has 0 bridgehead atoms. The number of nitrogens with zero attached hydrogens (tertiary/aromatic N) is 2. The van der Waals surface area contributed by atoms with E-state index in [1.807, 2.05) is 19.1 Å². The standard InChI is InChI=1S/C14H14N4O3/c1-7(13-17-12(18-21-13)8-2-3-8)15-9-4-5-11-10(6-9)16-14(19)20-11/h4-8,15H,2-3H2,1H3,(H,16,19). The molecule has 1 aliphatic carbocycles. The van der Waals surface area contributed by atoms with E-state index in [0.29, 0.717) is 22.9 Å². The number of anilines is 1. The SMILES string of the molecule is CC(Nc1ccc2oc(=O)[nH]c2c1)c1nc(C2CC2)no1. The van der Waals surface area contributed by atoms with Crippen molar-refractivity contribution in [3.63, 3.8) is 0 Å². The first kappa shape index (κ1) is 12.2. The lowest BCUT2D eigenvalue weighted by Crippen LogP contribution is -2.07. The van der Waals surface area contributed by atoms with Gasteiger partial charge in [0.25, 0.3) is 0 Å². The molecule has 2 N–H and O–H groups in total. The fourth-order valence-electron chi connectivity index (χ4n) is 2.28. The summed E-state index contributed by atoms with van der Waals surface area (Å²) in [6, 6.07) is 5.29. The number of hydrogen-bond acceptors (Lipinski definition) is 6. The summed E-state index contributed by atoms with van der Waals surface area (Å²) in [5.74, 6) is 1.38. The van der Waals surface area contributed by atoms with Crippen LogP contribution in [0.1, 0.15) is 43.4 Å². The van der Waals surface area contributed by atoms with E-state index in [1.54, 1.807) is 6.07 Å². The van der Waals surface area contributed by atoms with Gasteiger partial charge in [-0.2, -0.15) is 4.98 Å². The molecule has 3 aromatic rings. The van der Waals surface area contributed by atoms with E-state index < -0.39 is 5.76 Å². The zero-order valence-corrected chi connectivity index (χ0v) is 11.4. The number of aromatic amines is 1. The van der Waals surface area contributed by atoms with E-state index in [-0.39, 0.29) is 6.04 Å². The van der Waals surface area contributed by atoms with Crippen LogP contribution in [-0.4, -0.2) is 15.1 Å². The Labute approximate surface area is 119 Å². The van der Waals surface area contributed by atoms with Crippen molar-refractivity contribution >= 4 is 16.8 Å². The highest BCUT2D eigenvalue weighted by Gasteiger charge is 2.29. The van der Waals surface area contributed by atoms with Crippen molar-refractivity contribution < 1.29 is 8.94 Å². The van der Waals surface area contributed by atoms with Crippen LogP contribution in [0.4, 0.5) is 5.69 Å². The summed E-state index contributed by atoms with van der Waals surface area (Å²) in [6.45, 7) is 1.95. The maximum atomic E-state index is 11.1. The molecule has 1 unspecified atom stereocenters. The lowest BCUT2D eigenvalue weighted by atomic mass is 10.2. The van der Waals surface area contributed by atoms with Crippen LogP contribution in [0, 0.1) is 0 Å². The Bertz CT molecular complexity index is 843. The third-order valence-electron chi connectivity index (χ3n) is 3.57. The molecule has 21 heavy (non-hydrogen) atoms. The summed E-state index contributed by atoms with van der Waals surface area (Å²) in [5, 5.41) is 7.28. The van der Waals surface area contributed by atoms with Gasteiger partial charge in [0.05, 0.1) is 5.52 Å². The normalized spacial score (nSPS) is 16.2. The molecule has 1 aliphatic rings. The summed E-state index contributed by atoms with van der Waals surface area (Å²) in [6.07, 6.45) is 2.29. The van der Waals surface area contributed by atoms with Crippen LogP contribution < -0.4 is 11.1 Å². The fourth-order valence-corrected chi connectivity index (χ4v) is 2.28. The predicted octanol–water partition coefficient (Wildman–Crippen LogP) is 2.55. The third kappa shape index (κ3) is 2.31. The summed E-state index contributed by atoms with van der Waals surface area (Å²) < 4.78 is 10.3. The molecule has 0 spiro atoms. The van der Waals surface area contributed by atoms with Gasteiger partial charge in [0.1, 0.15) is 6.04 Å². The van der Waals surface area contributed by atoms with E-state index in [9.17, 15) is 4.79 Å². The number of H-pyrrole nitrogens is 1. The number of oxazole rings is 1. The van der Waals surface area contributed by atoms with Gasteiger partial charge >= 0.3 is 5.76 Å². The highest BCUT2D eigenvalue weighted by Crippen LogP contribution is 2.38. The fraction of sp³-hybridized carbons (Fsp3) is 0.357. The van der Waals surface area contributed by atoms with Crippen LogP contribution in [-0.2, 0) is 0 Å². The number of hydrogen-bond donors (Lipinski definition) is 2. The van der Waals surface area contributed by atoms with Gasteiger partial charge < -0.3 is 14.3 Å². The van der Waals surface area contributed by atoms with Crippen molar-refractivity contribution in [2.24, 2.45) is 0 Å². The lowest BCUT2D eigenvalue weighted by molar-refractivity contribution is 0.363. The Morgan fingerprint density at radius 3 is 3.10 bits per heavy atom.